The largest absolute Gasteiger partial charge is 0.364 e. The Morgan fingerprint density at radius 2 is 2.29 bits per heavy atom. The second kappa shape index (κ2) is 3.99. The topological polar surface area (TPSA) is 51.2 Å². The molecule has 21 heavy (non-hydrogen) atoms. The summed E-state index contributed by atoms with van der Waals surface area (Å²) in [7, 11) is 0. The maximum Gasteiger partial charge on any atom is 0.258 e. The van der Waals surface area contributed by atoms with Crippen LogP contribution in [-0.4, -0.2) is 23.1 Å². The van der Waals surface area contributed by atoms with Gasteiger partial charge in [-0.3, -0.25) is 4.79 Å². The third-order valence-electron chi connectivity index (χ3n) is 6.53. The molecule has 0 aromatic carbocycles. The number of carbonyl (C=O) groups excluding carboxylic acids is 1. The number of hydrogen-bond acceptors (Lipinski definition) is 3. The maximum atomic E-state index is 12.9. The van der Waals surface area contributed by atoms with Crippen molar-refractivity contribution < 1.29 is 9.53 Å². The molecular weight excluding hydrogens is 288 g/mol. The minimum atomic E-state index is -0.689. The Labute approximate surface area is 129 Å². The van der Waals surface area contributed by atoms with Gasteiger partial charge in [0, 0.05) is 17.0 Å². The van der Waals surface area contributed by atoms with Gasteiger partial charge in [-0.25, -0.2) is 4.98 Å². The normalized spacial score (nSPS) is 43.3. The fourth-order valence-corrected chi connectivity index (χ4v) is 5.04. The summed E-state index contributed by atoms with van der Waals surface area (Å²) in [5.74, 6) is 1.08. The highest BCUT2D eigenvalue weighted by Gasteiger charge is 2.78. The van der Waals surface area contributed by atoms with E-state index < -0.39 is 5.60 Å². The van der Waals surface area contributed by atoms with Crippen LogP contribution in [0.3, 0.4) is 0 Å². The second-order valence-corrected chi connectivity index (χ2v) is 7.56. The van der Waals surface area contributed by atoms with Crippen molar-refractivity contribution in [1.29, 1.82) is 0 Å². The Morgan fingerprint density at radius 3 is 2.90 bits per heavy atom. The Balaban J connectivity index is 1.65. The molecule has 0 radical (unpaired) electrons. The van der Waals surface area contributed by atoms with Gasteiger partial charge in [0.05, 0.1) is 11.6 Å². The third-order valence-corrected chi connectivity index (χ3v) is 6.76. The van der Waals surface area contributed by atoms with E-state index >= 15 is 0 Å². The molecule has 1 aromatic heterocycles. The molecular formula is C16H19ClN2O2. The third kappa shape index (κ3) is 1.45. The maximum absolute atomic E-state index is 12.9. The summed E-state index contributed by atoms with van der Waals surface area (Å²) in [6.07, 6.45) is 4.65. The van der Waals surface area contributed by atoms with Gasteiger partial charge in [0.1, 0.15) is 5.82 Å². The molecule has 4 rings (SSSR count). The molecule has 4 atom stereocenters. The minimum Gasteiger partial charge on any atom is -0.364 e. The van der Waals surface area contributed by atoms with Crippen molar-refractivity contribution in [2.24, 2.45) is 16.7 Å². The van der Waals surface area contributed by atoms with Gasteiger partial charge >= 0.3 is 0 Å². The van der Waals surface area contributed by atoms with Crippen LogP contribution in [0.4, 0.5) is 5.82 Å². The zero-order valence-corrected chi connectivity index (χ0v) is 13.0. The number of amides is 1. The van der Waals surface area contributed by atoms with Crippen molar-refractivity contribution in [3.8, 4) is 0 Å². The highest BCUT2D eigenvalue weighted by atomic mass is 35.5. The van der Waals surface area contributed by atoms with Crippen molar-refractivity contribution in [3.05, 3.63) is 23.4 Å². The van der Waals surface area contributed by atoms with Crippen LogP contribution in [0, 0.1) is 16.7 Å². The van der Waals surface area contributed by atoms with E-state index in [1.54, 1.807) is 12.1 Å². The number of carbonyl (C=O) groups is 1. The zero-order chi connectivity index (χ0) is 14.9. The van der Waals surface area contributed by atoms with Crippen LogP contribution in [-0.2, 0) is 9.53 Å². The molecule has 1 aromatic rings. The van der Waals surface area contributed by atoms with Gasteiger partial charge in [0.2, 0.25) is 0 Å². The van der Waals surface area contributed by atoms with E-state index in [2.05, 4.69) is 24.1 Å². The van der Waals surface area contributed by atoms with Crippen LogP contribution < -0.4 is 5.32 Å². The Hall–Kier alpha value is -1.13. The summed E-state index contributed by atoms with van der Waals surface area (Å²) in [4.78, 5) is 17.1. The molecule has 2 saturated carbocycles. The Kier molecular flexibility index (Phi) is 2.57. The average molecular weight is 307 g/mol. The molecule has 3 aliphatic rings. The van der Waals surface area contributed by atoms with E-state index in [1.165, 1.54) is 12.6 Å². The molecule has 4 bridgehead atoms. The summed E-state index contributed by atoms with van der Waals surface area (Å²) < 4.78 is 6.07. The van der Waals surface area contributed by atoms with Crippen molar-refractivity contribution in [1.82, 2.24) is 4.98 Å². The highest BCUT2D eigenvalue weighted by molar-refractivity contribution is 6.30. The van der Waals surface area contributed by atoms with E-state index in [-0.39, 0.29) is 16.7 Å². The minimum absolute atomic E-state index is 0.0502. The molecule has 4 nitrogen and oxygen atoms in total. The molecule has 112 valence electrons. The molecule has 2 heterocycles. The van der Waals surface area contributed by atoms with Crippen molar-refractivity contribution in [2.75, 3.05) is 11.9 Å². The van der Waals surface area contributed by atoms with Crippen molar-refractivity contribution in [3.63, 3.8) is 0 Å². The van der Waals surface area contributed by atoms with Gasteiger partial charge in [-0.1, -0.05) is 25.4 Å². The Bertz CT molecular complexity index is 619. The second-order valence-electron chi connectivity index (χ2n) is 7.12. The van der Waals surface area contributed by atoms with Crippen molar-refractivity contribution in [2.45, 2.75) is 38.7 Å². The van der Waals surface area contributed by atoms with Gasteiger partial charge in [-0.2, -0.15) is 0 Å². The van der Waals surface area contributed by atoms with E-state index in [4.69, 9.17) is 16.3 Å². The zero-order valence-electron chi connectivity index (χ0n) is 12.3. The van der Waals surface area contributed by atoms with Crippen LogP contribution >= 0.6 is 11.6 Å². The molecule has 5 heteroatoms. The SMILES string of the molecule is C[C@@]12CCC3C[C@]1(C(=O)Nc1ccc(Cl)cn1)OC[C@]32C. The van der Waals surface area contributed by atoms with Gasteiger partial charge in [0.15, 0.2) is 5.60 Å². The Morgan fingerprint density at radius 1 is 1.48 bits per heavy atom. The first-order valence-electron chi connectivity index (χ1n) is 7.48. The first-order chi connectivity index (χ1) is 9.91. The van der Waals surface area contributed by atoms with Gasteiger partial charge in [-0.15, -0.1) is 0 Å². The lowest BCUT2D eigenvalue weighted by molar-refractivity contribution is -0.149. The number of hydrogen-bond donors (Lipinski definition) is 1. The predicted molar refractivity (Wildman–Crippen MR) is 80.1 cm³/mol. The van der Waals surface area contributed by atoms with Crippen LogP contribution in [0.15, 0.2) is 18.3 Å². The molecule has 1 N–H and O–H groups in total. The summed E-state index contributed by atoms with van der Waals surface area (Å²) in [5, 5.41) is 3.48. The van der Waals surface area contributed by atoms with Gasteiger partial charge in [0.25, 0.3) is 5.91 Å². The average Bonchev–Trinajstić information content (AvgIpc) is 2.93. The number of ether oxygens (including phenoxy) is 1. The fourth-order valence-electron chi connectivity index (χ4n) is 4.92. The first-order valence-corrected chi connectivity index (χ1v) is 7.86. The standard InChI is InChI=1S/C16H19ClN2O2/c1-14-9-21-16(7-10(14)5-6-15(14,16)2)13(20)19-12-4-3-11(17)8-18-12/h3-4,8,10H,5-7,9H2,1-2H3,(H,18,19,20)/t10?,14-,15+,16-/m1/s1. The molecule has 1 amide bonds. The van der Waals surface area contributed by atoms with Crippen LogP contribution in [0.1, 0.15) is 33.1 Å². The van der Waals surface area contributed by atoms with Crippen molar-refractivity contribution >= 4 is 23.3 Å². The summed E-state index contributed by atoms with van der Waals surface area (Å²) in [6, 6.07) is 3.45. The van der Waals surface area contributed by atoms with Crippen LogP contribution in [0.5, 0.6) is 0 Å². The molecule has 1 aliphatic heterocycles. The molecule has 0 spiro atoms. The summed E-state index contributed by atoms with van der Waals surface area (Å²) in [6.45, 7) is 5.20. The van der Waals surface area contributed by atoms with Gasteiger partial charge < -0.3 is 10.1 Å². The number of halogens is 1. The molecule has 1 saturated heterocycles. The predicted octanol–water partition coefficient (Wildman–Crippen LogP) is 3.27. The lowest BCUT2D eigenvalue weighted by atomic mass is 9.66. The number of aromatic nitrogens is 1. The molecule has 1 unspecified atom stereocenters. The number of anilines is 1. The number of nitrogens with one attached hydrogen (secondary N) is 1. The number of pyridine rings is 1. The molecule has 2 aliphatic carbocycles. The fraction of sp³-hybridized carbons (Fsp3) is 0.625. The highest BCUT2D eigenvalue weighted by Crippen LogP contribution is 2.75. The summed E-state index contributed by atoms with van der Waals surface area (Å²) >= 11 is 5.83. The first kappa shape index (κ1) is 13.5. The summed E-state index contributed by atoms with van der Waals surface area (Å²) in [5.41, 5.74) is -0.620. The van der Waals surface area contributed by atoms with Crippen LogP contribution in [0.25, 0.3) is 0 Å². The number of nitrogens with zero attached hydrogens (tertiary/aromatic N) is 1. The van der Waals surface area contributed by atoms with Gasteiger partial charge in [-0.05, 0) is 37.3 Å². The monoisotopic (exact) mass is 306 g/mol. The van der Waals surface area contributed by atoms with E-state index in [9.17, 15) is 4.79 Å². The number of rotatable bonds is 2. The lowest BCUT2D eigenvalue weighted by Gasteiger charge is -2.39. The van der Waals surface area contributed by atoms with E-state index in [1.807, 2.05) is 0 Å². The van der Waals surface area contributed by atoms with E-state index in [0.29, 0.717) is 23.4 Å². The smallest absolute Gasteiger partial charge is 0.258 e. The van der Waals surface area contributed by atoms with Crippen LogP contribution in [0.2, 0.25) is 5.02 Å². The quantitative estimate of drug-likeness (QED) is 0.912. The molecule has 3 fully saturated rings. The van der Waals surface area contributed by atoms with E-state index in [0.717, 1.165) is 12.8 Å². The lowest BCUT2D eigenvalue weighted by Crippen LogP contribution is -2.52.